The second-order valence-electron chi connectivity index (χ2n) is 9.96. The van der Waals surface area contributed by atoms with Gasteiger partial charge in [0.05, 0.1) is 0 Å². The first-order chi connectivity index (χ1) is 18.6. The van der Waals surface area contributed by atoms with E-state index < -0.39 is 23.9 Å². The van der Waals surface area contributed by atoms with Crippen LogP contribution in [0.25, 0.3) is 11.1 Å². The first-order valence-corrected chi connectivity index (χ1v) is 12.5. The predicted molar refractivity (Wildman–Crippen MR) is 151 cm³/mol. The van der Waals surface area contributed by atoms with Crippen LogP contribution in [0, 0.1) is 0 Å². The molecule has 8 heteroatoms. The van der Waals surface area contributed by atoms with Gasteiger partial charge in [-0.3, -0.25) is 0 Å². The highest BCUT2D eigenvalue weighted by Gasteiger charge is 2.37. The van der Waals surface area contributed by atoms with Gasteiger partial charge >= 0.3 is 23.9 Å². The first-order valence-electron chi connectivity index (χ1n) is 12.5. The van der Waals surface area contributed by atoms with E-state index in [1.807, 2.05) is 13.8 Å². The molecule has 8 nitrogen and oxygen atoms in total. The molecule has 0 saturated carbocycles. The van der Waals surface area contributed by atoms with Gasteiger partial charge in [0.15, 0.2) is 23.0 Å². The summed E-state index contributed by atoms with van der Waals surface area (Å²) in [6.07, 6.45) is 0. The van der Waals surface area contributed by atoms with Crippen LogP contribution in [0.2, 0.25) is 0 Å². The van der Waals surface area contributed by atoms with Gasteiger partial charge in [0.1, 0.15) is 0 Å². The Morgan fingerprint density at radius 3 is 1.07 bits per heavy atom. The summed E-state index contributed by atoms with van der Waals surface area (Å²) < 4.78 is 22.5. The minimum atomic E-state index is -0.690. The third-order valence-corrected chi connectivity index (χ3v) is 6.46. The van der Waals surface area contributed by atoms with Crippen LogP contribution in [-0.4, -0.2) is 23.9 Å². The van der Waals surface area contributed by atoms with E-state index in [2.05, 4.69) is 26.3 Å². The molecule has 0 heterocycles. The van der Waals surface area contributed by atoms with Crippen LogP contribution in [0.4, 0.5) is 0 Å². The summed E-state index contributed by atoms with van der Waals surface area (Å²) in [7, 11) is 0. The molecule has 2 aromatic carbocycles. The Morgan fingerprint density at radius 2 is 0.800 bits per heavy atom. The van der Waals surface area contributed by atoms with Crippen LogP contribution < -0.4 is 18.9 Å². The van der Waals surface area contributed by atoms with E-state index in [9.17, 15) is 19.2 Å². The standard InChI is InChI=1S/C32H32O8/c1-15(2)29(33)37-23-13-11-21-22-12-14-24(38-30(34)16(3)4)28(40-32(36)18(7)8)26(22)20(10)19(9)25(21)27(23)39-31(35)17(5)6/h11-14,19-20H,1,3,5,7H2,2,4,6,8-10H3. The maximum Gasteiger partial charge on any atom is 0.338 e. The summed E-state index contributed by atoms with van der Waals surface area (Å²) in [5, 5.41) is 0. The van der Waals surface area contributed by atoms with Crippen LogP contribution in [-0.2, 0) is 19.2 Å². The Bertz CT molecular complexity index is 1390. The third kappa shape index (κ3) is 5.81. The van der Waals surface area contributed by atoms with E-state index in [4.69, 9.17) is 18.9 Å². The fourth-order valence-electron chi connectivity index (χ4n) is 4.14. The van der Waals surface area contributed by atoms with Crippen LogP contribution in [0.1, 0.15) is 64.5 Å². The molecule has 0 N–H and O–H groups in total. The first kappa shape index (κ1) is 29.8. The van der Waals surface area contributed by atoms with E-state index in [0.29, 0.717) is 22.3 Å². The van der Waals surface area contributed by atoms with Crippen molar-refractivity contribution < 1.29 is 38.1 Å². The molecule has 2 aromatic rings. The van der Waals surface area contributed by atoms with Crippen molar-refractivity contribution in [3.05, 3.63) is 84.0 Å². The molecule has 208 valence electrons. The minimum Gasteiger partial charge on any atom is -0.419 e. The highest BCUT2D eigenvalue weighted by atomic mass is 16.6. The van der Waals surface area contributed by atoms with Gasteiger partial charge in [-0.25, -0.2) is 19.2 Å². The maximum atomic E-state index is 12.6. The fraction of sp³-hybridized carbons (Fsp3) is 0.250. The summed E-state index contributed by atoms with van der Waals surface area (Å²) >= 11 is 0. The third-order valence-electron chi connectivity index (χ3n) is 6.46. The van der Waals surface area contributed by atoms with Gasteiger partial charge < -0.3 is 18.9 Å². The molecule has 2 atom stereocenters. The molecule has 40 heavy (non-hydrogen) atoms. The molecule has 0 saturated heterocycles. The summed E-state index contributed by atoms with van der Waals surface area (Å²) in [6, 6.07) is 6.47. The molecule has 1 aliphatic rings. The summed E-state index contributed by atoms with van der Waals surface area (Å²) in [4.78, 5) is 50.1. The van der Waals surface area contributed by atoms with E-state index in [1.165, 1.54) is 39.8 Å². The zero-order valence-electron chi connectivity index (χ0n) is 23.6. The Hall–Kier alpha value is -4.72. The second kappa shape index (κ2) is 11.6. The molecule has 0 spiro atoms. The van der Waals surface area contributed by atoms with Crippen LogP contribution in [0.15, 0.2) is 72.9 Å². The van der Waals surface area contributed by atoms with Gasteiger partial charge in [-0.2, -0.15) is 0 Å². The summed E-state index contributed by atoms with van der Waals surface area (Å²) in [5.41, 5.74) is 3.14. The van der Waals surface area contributed by atoms with Gasteiger partial charge in [-0.1, -0.05) is 52.3 Å². The van der Waals surface area contributed by atoms with Crippen molar-refractivity contribution in [1.29, 1.82) is 0 Å². The maximum absolute atomic E-state index is 12.6. The second-order valence-corrected chi connectivity index (χ2v) is 9.96. The van der Waals surface area contributed by atoms with Crippen LogP contribution >= 0.6 is 0 Å². The number of ether oxygens (including phenoxy) is 4. The highest BCUT2D eigenvalue weighted by Crippen LogP contribution is 2.56. The lowest BCUT2D eigenvalue weighted by Crippen LogP contribution is -2.21. The molecule has 0 fully saturated rings. The molecule has 0 aliphatic heterocycles. The van der Waals surface area contributed by atoms with Gasteiger partial charge in [0.25, 0.3) is 0 Å². The number of esters is 4. The smallest absolute Gasteiger partial charge is 0.338 e. The van der Waals surface area contributed by atoms with Crippen molar-refractivity contribution in [2.24, 2.45) is 0 Å². The number of carbonyl (C=O) groups is 4. The predicted octanol–water partition coefficient (Wildman–Crippen LogP) is 6.50. The molecule has 3 rings (SSSR count). The van der Waals surface area contributed by atoms with E-state index in [0.717, 1.165) is 0 Å². The molecule has 0 bridgehead atoms. The van der Waals surface area contributed by atoms with Gasteiger partial charge in [-0.05, 0) is 62.8 Å². The van der Waals surface area contributed by atoms with Gasteiger partial charge in [0.2, 0.25) is 0 Å². The molecular weight excluding hydrogens is 512 g/mol. The normalized spacial score (nSPS) is 15.1. The van der Waals surface area contributed by atoms with Crippen LogP contribution in [0.3, 0.4) is 0 Å². The number of hydrogen-bond acceptors (Lipinski definition) is 8. The number of hydrogen-bond donors (Lipinski definition) is 0. The van der Waals surface area contributed by atoms with Crippen molar-refractivity contribution in [1.82, 2.24) is 0 Å². The van der Waals surface area contributed by atoms with Gasteiger partial charge in [0, 0.05) is 33.4 Å². The quantitative estimate of drug-likeness (QED) is 0.211. The van der Waals surface area contributed by atoms with Gasteiger partial charge in [-0.15, -0.1) is 0 Å². The Kier molecular flexibility index (Phi) is 8.63. The molecule has 0 aromatic heterocycles. The molecule has 0 radical (unpaired) electrons. The molecule has 2 unspecified atom stereocenters. The molecule has 1 aliphatic carbocycles. The summed E-state index contributed by atoms with van der Waals surface area (Å²) in [6.45, 7) is 24.4. The van der Waals surface area contributed by atoms with Crippen molar-refractivity contribution in [3.63, 3.8) is 0 Å². The number of rotatable bonds is 8. The van der Waals surface area contributed by atoms with Crippen molar-refractivity contribution in [2.45, 2.75) is 53.4 Å². The zero-order chi connectivity index (χ0) is 30.0. The Morgan fingerprint density at radius 1 is 0.525 bits per heavy atom. The van der Waals surface area contributed by atoms with Crippen molar-refractivity contribution in [2.75, 3.05) is 0 Å². The van der Waals surface area contributed by atoms with E-state index >= 15 is 0 Å². The van der Waals surface area contributed by atoms with Crippen molar-refractivity contribution in [3.8, 4) is 34.1 Å². The highest BCUT2D eigenvalue weighted by molar-refractivity contribution is 5.95. The number of fused-ring (bicyclic) bond motifs is 3. The average Bonchev–Trinajstić information content (AvgIpc) is 2.88. The van der Waals surface area contributed by atoms with Crippen molar-refractivity contribution >= 4 is 23.9 Å². The monoisotopic (exact) mass is 544 g/mol. The minimum absolute atomic E-state index is 0.0461. The topological polar surface area (TPSA) is 105 Å². The lowest BCUT2D eigenvalue weighted by Gasteiger charge is -2.34. The molecule has 0 amide bonds. The molecular formula is C32H32O8. The van der Waals surface area contributed by atoms with Crippen LogP contribution in [0.5, 0.6) is 23.0 Å². The lowest BCUT2D eigenvalue weighted by molar-refractivity contribution is -0.132. The SMILES string of the molecule is C=C(C)C(=O)Oc1ccc2c(c1OC(=O)C(=C)C)C(C)C(C)c1c-2ccc(OC(=O)C(=C)C)c1OC(=O)C(=C)C. The Labute approximate surface area is 233 Å². The van der Waals surface area contributed by atoms with E-state index in [-0.39, 0.29) is 57.1 Å². The average molecular weight is 545 g/mol. The zero-order valence-corrected chi connectivity index (χ0v) is 23.6. The fourth-order valence-corrected chi connectivity index (χ4v) is 4.14. The van der Waals surface area contributed by atoms with E-state index in [1.54, 1.807) is 12.1 Å². The lowest BCUT2D eigenvalue weighted by atomic mass is 9.72. The Balaban J connectivity index is 2.34. The largest absolute Gasteiger partial charge is 0.419 e. The number of benzene rings is 2. The summed E-state index contributed by atoms with van der Waals surface area (Å²) in [5.74, 6) is -3.21. The number of carbonyl (C=O) groups excluding carboxylic acids is 4.